The number of nitrogens with zero attached hydrogens (tertiary/aromatic N) is 5. The number of aromatic nitrogens is 5. The molecule has 1 fully saturated rings. The SMILES string of the molecule is CNc1nccc(-c2n[nH]c3nc(N4CCC(C)(NC(=O)OC(C)(C)C)CC4)cnc23)c1Cl. The molecule has 1 aliphatic rings. The normalized spacial score (nSPS) is 16.0. The Hall–Kier alpha value is -3.14. The first-order chi connectivity index (χ1) is 15.6. The smallest absolute Gasteiger partial charge is 0.408 e. The summed E-state index contributed by atoms with van der Waals surface area (Å²) in [5.41, 5.74) is 1.72. The lowest BCUT2D eigenvalue weighted by Gasteiger charge is -2.40. The van der Waals surface area contributed by atoms with Crippen LogP contribution in [0.5, 0.6) is 0 Å². The lowest BCUT2D eigenvalue weighted by Crippen LogP contribution is -2.54. The van der Waals surface area contributed by atoms with Crippen molar-refractivity contribution in [3.8, 4) is 11.3 Å². The Morgan fingerprint density at radius 3 is 2.67 bits per heavy atom. The fraction of sp³-hybridized carbons (Fsp3) is 0.500. The minimum absolute atomic E-state index is 0.333. The quantitative estimate of drug-likeness (QED) is 0.521. The average Bonchev–Trinajstić information content (AvgIpc) is 3.16. The van der Waals surface area contributed by atoms with E-state index in [4.69, 9.17) is 21.3 Å². The van der Waals surface area contributed by atoms with Crippen molar-refractivity contribution in [3.05, 3.63) is 23.5 Å². The predicted molar refractivity (Wildman–Crippen MR) is 129 cm³/mol. The maximum absolute atomic E-state index is 12.2. The number of aromatic amines is 1. The highest BCUT2D eigenvalue weighted by Gasteiger charge is 2.33. The van der Waals surface area contributed by atoms with Crippen LogP contribution >= 0.6 is 11.6 Å². The summed E-state index contributed by atoms with van der Waals surface area (Å²) in [5, 5.41) is 13.8. The van der Waals surface area contributed by atoms with E-state index in [0.717, 1.165) is 37.3 Å². The van der Waals surface area contributed by atoms with Gasteiger partial charge in [-0.2, -0.15) is 5.10 Å². The first kappa shape index (κ1) is 23.0. The molecular formula is C22H29ClN8O2. The van der Waals surface area contributed by atoms with E-state index in [0.29, 0.717) is 27.7 Å². The maximum Gasteiger partial charge on any atom is 0.408 e. The van der Waals surface area contributed by atoms with Gasteiger partial charge in [0.1, 0.15) is 28.4 Å². The molecule has 4 rings (SSSR count). The molecule has 0 aliphatic carbocycles. The highest BCUT2D eigenvalue weighted by Crippen LogP contribution is 2.34. The van der Waals surface area contributed by atoms with Gasteiger partial charge >= 0.3 is 6.09 Å². The molecule has 0 radical (unpaired) electrons. The zero-order valence-corrected chi connectivity index (χ0v) is 20.2. The Morgan fingerprint density at radius 1 is 1.27 bits per heavy atom. The van der Waals surface area contributed by atoms with Crippen molar-refractivity contribution in [3.63, 3.8) is 0 Å². The Bertz CT molecular complexity index is 1160. The third-order valence-corrected chi connectivity index (χ3v) is 6.02. The number of piperidine rings is 1. The molecule has 4 heterocycles. The molecule has 3 N–H and O–H groups in total. The molecule has 0 aromatic carbocycles. The highest BCUT2D eigenvalue weighted by atomic mass is 35.5. The molecule has 3 aromatic heterocycles. The van der Waals surface area contributed by atoms with Crippen LogP contribution in [-0.2, 0) is 4.74 Å². The van der Waals surface area contributed by atoms with Gasteiger partial charge in [-0.25, -0.2) is 19.7 Å². The number of rotatable bonds is 4. The molecule has 33 heavy (non-hydrogen) atoms. The molecular weight excluding hydrogens is 444 g/mol. The number of carbonyl (C=O) groups is 1. The largest absolute Gasteiger partial charge is 0.444 e. The number of ether oxygens (including phenoxy) is 1. The minimum Gasteiger partial charge on any atom is -0.444 e. The Morgan fingerprint density at radius 2 is 2.00 bits per heavy atom. The minimum atomic E-state index is -0.524. The first-order valence-corrected chi connectivity index (χ1v) is 11.3. The van der Waals surface area contributed by atoms with E-state index in [2.05, 4.69) is 35.7 Å². The summed E-state index contributed by atoms with van der Waals surface area (Å²) in [6.45, 7) is 9.08. The van der Waals surface area contributed by atoms with Crippen LogP contribution in [0.4, 0.5) is 16.4 Å². The van der Waals surface area contributed by atoms with E-state index in [9.17, 15) is 4.79 Å². The van der Waals surface area contributed by atoms with Crippen LogP contribution in [0, 0.1) is 0 Å². The third-order valence-electron chi connectivity index (χ3n) is 5.63. The van der Waals surface area contributed by atoms with E-state index < -0.39 is 5.60 Å². The van der Waals surface area contributed by atoms with Gasteiger partial charge in [-0.3, -0.25) is 5.10 Å². The van der Waals surface area contributed by atoms with E-state index in [-0.39, 0.29) is 11.6 Å². The second-order valence-corrected chi connectivity index (χ2v) is 9.82. The number of pyridine rings is 1. The fourth-order valence-corrected chi connectivity index (χ4v) is 4.13. The van der Waals surface area contributed by atoms with Gasteiger partial charge in [0.2, 0.25) is 0 Å². The van der Waals surface area contributed by atoms with Gasteiger partial charge in [0.15, 0.2) is 5.65 Å². The lowest BCUT2D eigenvalue weighted by atomic mass is 9.90. The number of fused-ring (bicyclic) bond motifs is 1. The Balaban J connectivity index is 1.48. The molecule has 1 saturated heterocycles. The van der Waals surface area contributed by atoms with Crippen molar-refractivity contribution in [1.29, 1.82) is 0 Å². The summed E-state index contributed by atoms with van der Waals surface area (Å²) in [7, 11) is 1.76. The van der Waals surface area contributed by atoms with Gasteiger partial charge < -0.3 is 20.3 Å². The summed E-state index contributed by atoms with van der Waals surface area (Å²) >= 11 is 6.48. The number of nitrogens with one attached hydrogen (secondary N) is 3. The van der Waals surface area contributed by atoms with Gasteiger partial charge in [0.05, 0.1) is 11.2 Å². The van der Waals surface area contributed by atoms with Crippen LogP contribution in [-0.4, -0.2) is 62.5 Å². The van der Waals surface area contributed by atoms with Crippen molar-refractivity contribution in [2.45, 2.75) is 51.7 Å². The molecule has 10 nitrogen and oxygen atoms in total. The zero-order chi connectivity index (χ0) is 23.8. The molecule has 176 valence electrons. The van der Waals surface area contributed by atoms with Crippen molar-refractivity contribution >= 4 is 40.5 Å². The zero-order valence-electron chi connectivity index (χ0n) is 19.5. The van der Waals surface area contributed by atoms with Crippen LogP contribution in [0.25, 0.3) is 22.4 Å². The van der Waals surface area contributed by atoms with E-state index >= 15 is 0 Å². The lowest BCUT2D eigenvalue weighted by molar-refractivity contribution is 0.0448. The number of H-pyrrole nitrogens is 1. The number of halogens is 1. The van der Waals surface area contributed by atoms with Crippen molar-refractivity contribution in [1.82, 2.24) is 30.5 Å². The number of hydrogen-bond donors (Lipinski definition) is 3. The predicted octanol–water partition coefficient (Wildman–Crippen LogP) is 3.99. The monoisotopic (exact) mass is 472 g/mol. The van der Waals surface area contributed by atoms with Gasteiger partial charge in [-0.1, -0.05) is 11.6 Å². The molecule has 0 spiro atoms. The summed E-state index contributed by atoms with van der Waals surface area (Å²) in [6, 6.07) is 1.80. The number of carbonyl (C=O) groups excluding carboxylic acids is 1. The number of hydrogen-bond acceptors (Lipinski definition) is 8. The third kappa shape index (κ3) is 4.95. The highest BCUT2D eigenvalue weighted by molar-refractivity contribution is 6.35. The number of amides is 1. The number of alkyl carbamates (subject to hydrolysis) is 1. The summed E-state index contributed by atoms with van der Waals surface area (Å²) in [6.07, 6.45) is 4.56. The van der Waals surface area contributed by atoms with Gasteiger partial charge in [0, 0.05) is 37.4 Å². The van der Waals surface area contributed by atoms with E-state index in [1.165, 1.54) is 0 Å². The van der Waals surface area contributed by atoms with Crippen molar-refractivity contribution in [2.75, 3.05) is 30.4 Å². The van der Waals surface area contributed by atoms with Gasteiger partial charge in [0.25, 0.3) is 0 Å². The van der Waals surface area contributed by atoms with Crippen LogP contribution < -0.4 is 15.5 Å². The van der Waals surface area contributed by atoms with Crippen molar-refractivity contribution < 1.29 is 9.53 Å². The number of anilines is 2. The molecule has 1 amide bonds. The maximum atomic E-state index is 12.2. The topological polar surface area (TPSA) is 121 Å². The molecule has 11 heteroatoms. The van der Waals surface area contributed by atoms with E-state index in [1.807, 2.05) is 27.7 Å². The molecule has 0 unspecified atom stereocenters. The van der Waals surface area contributed by atoms with Crippen molar-refractivity contribution in [2.24, 2.45) is 0 Å². The Labute approximate surface area is 197 Å². The second-order valence-electron chi connectivity index (χ2n) is 9.44. The first-order valence-electron chi connectivity index (χ1n) is 10.9. The molecule has 1 aliphatic heterocycles. The van der Waals surface area contributed by atoms with Crippen LogP contribution in [0.1, 0.15) is 40.5 Å². The standard InChI is InChI=1S/C22H29ClN8O2/c1-21(2,3)33-20(32)28-22(4)7-10-31(11-8-22)14-12-26-17-16(29-30-19(17)27-14)13-6-9-25-18(24-5)15(13)23/h6,9,12H,7-8,10-11H2,1-5H3,(H,24,25)(H,28,32)(H,27,29,30). The van der Waals surface area contributed by atoms with Gasteiger partial charge in [-0.05, 0) is 46.6 Å². The molecule has 3 aromatic rings. The summed E-state index contributed by atoms with van der Waals surface area (Å²) in [4.78, 5) is 27.9. The second kappa shape index (κ2) is 8.66. The van der Waals surface area contributed by atoms with E-state index in [1.54, 1.807) is 25.5 Å². The molecule has 0 bridgehead atoms. The van der Waals surface area contributed by atoms with Crippen LogP contribution in [0.15, 0.2) is 18.5 Å². The average molecular weight is 473 g/mol. The molecule has 0 saturated carbocycles. The Kier molecular flexibility index (Phi) is 6.04. The summed E-state index contributed by atoms with van der Waals surface area (Å²) < 4.78 is 5.41. The molecule has 0 atom stereocenters. The summed E-state index contributed by atoms with van der Waals surface area (Å²) in [5.74, 6) is 1.33. The fourth-order valence-electron chi connectivity index (χ4n) is 3.84. The van der Waals surface area contributed by atoms with Gasteiger partial charge in [-0.15, -0.1) is 0 Å². The van der Waals surface area contributed by atoms with Crippen LogP contribution in [0.2, 0.25) is 5.02 Å². The van der Waals surface area contributed by atoms with Crippen LogP contribution in [0.3, 0.4) is 0 Å².